The predicted molar refractivity (Wildman–Crippen MR) is 105 cm³/mol. The lowest BCUT2D eigenvalue weighted by atomic mass is 10.0. The summed E-state index contributed by atoms with van der Waals surface area (Å²) >= 11 is 1.49. The van der Waals surface area contributed by atoms with Gasteiger partial charge in [-0.25, -0.2) is 4.98 Å². The van der Waals surface area contributed by atoms with Gasteiger partial charge in [0.1, 0.15) is 11.5 Å². The lowest BCUT2D eigenvalue weighted by molar-refractivity contribution is 0.400. The molecule has 4 aromatic rings. The van der Waals surface area contributed by atoms with Gasteiger partial charge in [0.25, 0.3) is 0 Å². The number of nitrogens with one attached hydrogen (secondary N) is 1. The standard InChI is InChI=1S/C20H16N4OS/c1-14-18(19(24-25-14)16-10-6-3-7-11-16)17-13-26-20(22-17)23-21-12-15-8-4-2-5-9-15/h2-13H,1H3,(H,22,23)/b21-12-. The lowest BCUT2D eigenvalue weighted by Gasteiger charge is -1.99. The third kappa shape index (κ3) is 3.41. The first kappa shape index (κ1) is 16.2. The van der Waals surface area contributed by atoms with Gasteiger partial charge in [-0.2, -0.15) is 5.10 Å². The van der Waals surface area contributed by atoms with Crippen LogP contribution in [0.2, 0.25) is 0 Å². The molecule has 0 amide bonds. The first-order valence-corrected chi connectivity index (χ1v) is 9.01. The van der Waals surface area contributed by atoms with E-state index in [1.54, 1.807) is 6.21 Å². The molecule has 0 radical (unpaired) electrons. The molecule has 2 aromatic carbocycles. The largest absolute Gasteiger partial charge is 0.360 e. The molecular weight excluding hydrogens is 344 g/mol. The van der Waals surface area contributed by atoms with E-state index in [-0.39, 0.29) is 0 Å². The van der Waals surface area contributed by atoms with Crippen LogP contribution in [0.4, 0.5) is 5.13 Å². The second-order valence-corrected chi connectivity index (χ2v) is 6.51. The third-order valence-electron chi connectivity index (χ3n) is 3.84. The van der Waals surface area contributed by atoms with E-state index in [0.29, 0.717) is 5.13 Å². The summed E-state index contributed by atoms with van der Waals surface area (Å²) in [5.41, 5.74) is 7.54. The van der Waals surface area contributed by atoms with Gasteiger partial charge in [0.05, 0.1) is 17.5 Å². The third-order valence-corrected chi connectivity index (χ3v) is 4.59. The van der Waals surface area contributed by atoms with Gasteiger partial charge in [-0.15, -0.1) is 11.3 Å². The smallest absolute Gasteiger partial charge is 0.203 e. The number of anilines is 1. The molecule has 128 valence electrons. The SMILES string of the molecule is Cc1onc(-c2ccccc2)c1-c1csc(N/N=C\c2ccccc2)n1. The van der Waals surface area contributed by atoms with Crippen LogP contribution in [0.15, 0.2) is 75.7 Å². The topological polar surface area (TPSA) is 63.3 Å². The monoisotopic (exact) mass is 360 g/mol. The summed E-state index contributed by atoms with van der Waals surface area (Å²) in [5, 5.41) is 11.1. The van der Waals surface area contributed by atoms with Gasteiger partial charge >= 0.3 is 0 Å². The van der Waals surface area contributed by atoms with Crippen LogP contribution < -0.4 is 5.43 Å². The van der Waals surface area contributed by atoms with Crippen molar-refractivity contribution in [3.8, 4) is 22.5 Å². The average Bonchev–Trinajstić information content (AvgIpc) is 3.29. The Balaban J connectivity index is 1.57. The van der Waals surface area contributed by atoms with Crippen LogP contribution >= 0.6 is 11.3 Å². The molecule has 0 spiro atoms. The van der Waals surface area contributed by atoms with Gasteiger partial charge in [0.15, 0.2) is 0 Å². The molecule has 0 saturated heterocycles. The van der Waals surface area contributed by atoms with Crippen molar-refractivity contribution in [2.45, 2.75) is 6.92 Å². The molecule has 0 aliphatic heterocycles. The summed E-state index contributed by atoms with van der Waals surface area (Å²) in [5.74, 6) is 0.744. The molecule has 2 heterocycles. The molecule has 0 unspecified atom stereocenters. The van der Waals surface area contributed by atoms with E-state index in [0.717, 1.165) is 33.8 Å². The van der Waals surface area contributed by atoms with Gasteiger partial charge in [-0.1, -0.05) is 65.8 Å². The van der Waals surface area contributed by atoms with Crippen molar-refractivity contribution < 1.29 is 4.52 Å². The van der Waals surface area contributed by atoms with E-state index in [1.807, 2.05) is 73.0 Å². The predicted octanol–water partition coefficient (Wildman–Crippen LogP) is 5.22. The van der Waals surface area contributed by atoms with E-state index in [9.17, 15) is 0 Å². The summed E-state index contributed by atoms with van der Waals surface area (Å²) in [6, 6.07) is 19.9. The Morgan fingerprint density at radius 3 is 2.54 bits per heavy atom. The van der Waals surface area contributed by atoms with Crippen LogP contribution in [-0.4, -0.2) is 16.4 Å². The first-order valence-electron chi connectivity index (χ1n) is 8.13. The number of thiazole rings is 1. The maximum atomic E-state index is 5.42. The van der Waals surface area contributed by atoms with E-state index >= 15 is 0 Å². The summed E-state index contributed by atoms with van der Waals surface area (Å²) in [4.78, 5) is 4.62. The fraction of sp³-hybridized carbons (Fsp3) is 0.0500. The normalized spacial score (nSPS) is 11.1. The highest BCUT2D eigenvalue weighted by Crippen LogP contribution is 2.35. The fourth-order valence-electron chi connectivity index (χ4n) is 2.61. The van der Waals surface area contributed by atoms with Crippen LogP contribution in [0.1, 0.15) is 11.3 Å². The highest BCUT2D eigenvalue weighted by atomic mass is 32.1. The van der Waals surface area contributed by atoms with E-state index in [4.69, 9.17) is 4.52 Å². The molecule has 0 aliphatic carbocycles. The van der Waals surface area contributed by atoms with Crippen LogP contribution in [0.5, 0.6) is 0 Å². The van der Waals surface area contributed by atoms with Gasteiger partial charge in [-0.3, -0.25) is 5.43 Å². The quantitative estimate of drug-likeness (QED) is 0.391. The summed E-state index contributed by atoms with van der Waals surface area (Å²) in [6.07, 6.45) is 1.77. The zero-order valence-electron chi connectivity index (χ0n) is 14.1. The van der Waals surface area contributed by atoms with E-state index in [2.05, 4.69) is 20.7 Å². The van der Waals surface area contributed by atoms with Crippen LogP contribution in [0.25, 0.3) is 22.5 Å². The molecule has 6 heteroatoms. The van der Waals surface area contributed by atoms with Crippen molar-refractivity contribution in [1.82, 2.24) is 10.1 Å². The molecule has 26 heavy (non-hydrogen) atoms. The van der Waals surface area contributed by atoms with Crippen molar-refractivity contribution in [1.29, 1.82) is 0 Å². The fourth-order valence-corrected chi connectivity index (χ4v) is 3.26. The minimum Gasteiger partial charge on any atom is -0.360 e. The van der Waals surface area contributed by atoms with Gasteiger partial charge in [0.2, 0.25) is 5.13 Å². The molecule has 0 saturated carbocycles. The molecule has 0 bridgehead atoms. The molecule has 1 N–H and O–H groups in total. The number of aromatic nitrogens is 2. The summed E-state index contributed by atoms with van der Waals surface area (Å²) in [6.45, 7) is 1.90. The molecule has 4 rings (SSSR count). The minimum atomic E-state index is 0.715. The van der Waals surface area contributed by atoms with Crippen molar-refractivity contribution in [3.05, 3.63) is 77.4 Å². The molecule has 0 aliphatic rings. The number of aryl methyl sites for hydroxylation is 1. The highest BCUT2D eigenvalue weighted by molar-refractivity contribution is 7.14. The van der Waals surface area contributed by atoms with E-state index < -0.39 is 0 Å². The number of hydrogen-bond acceptors (Lipinski definition) is 6. The number of hydrogen-bond donors (Lipinski definition) is 1. The lowest BCUT2D eigenvalue weighted by Crippen LogP contribution is -1.90. The number of hydrazone groups is 1. The molecule has 0 atom stereocenters. The zero-order chi connectivity index (χ0) is 17.8. The van der Waals surface area contributed by atoms with Crippen molar-refractivity contribution in [3.63, 3.8) is 0 Å². The van der Waals surface area contributed by atoms with Crippen molar-refractivity contribution >= 4 is 22.7 Å². The summed E-state index contributed by atoms with van der Waals surface area (Å²) in [7, 11) is 0. The minimum absolute atomic E-state index is 0.715. The van der Waals surface area contributed by atoms with Crippen LogP contribution in [0, 0.1) is 6.92 Å². The Labute approximate surface area is 155 Å². The van der Waals surface area contributed by atoms with Crippen LogP contribution in [0.3, 0.4) is 0 Å². The van der Waals surface area contributed by atoms with Gasteiger partial charge < -0.3 is 4.52 Å². The molecule has 0 fully saturated rings. The zero-order valence-corrected chi connectivity index (χ0v) is 14.9. The number of nitrogens with zero attached hydrogens (tertiary/aromatic N) is 3. The maximum Gasteiger partial charge on any atom is 0.203 e. The Bertz CT molecular complexity index is 1020. The number of benzene rings is 2. The Hall–Kier alpha value is -3.25. The van der Waals surface area contributed by atoms with Crippen molar-refractivity contribution in [2.75, 3.05) is 5.43 Å². The maximum absolute atomic E-state index is 5.42. The van der Waals surface area contributed by atoms with E-state index in [1.165, 1.54) is 11.3 Å². The second kappa shape index (κ2) is 7.33. The number of rotatable bonds is 5. The Kier molecular flexibility index (Phi) is 4.57. The molecule has 2 aromatic heterocycles. The first-order chi connectivity index (χ1) is 12.8. The van der Waals surface area contributed by atoms with Crippen molar-refractivity contribution in [2.24, 2.45) is 5.10 Å². The van der Waals surface area contributed by atoms with Crippen LogP contribution in [-0.2, 0) is 0 Å². The molecular formula is C20H16N4OS. The average molecular weight is 360 g/mol. The Morgan fingerprint density at radius 1 is 1.04 bits per heavy atom. The molecule has 5 nitrogen and oxygen atoms in total. The highest BCUT2D eigenvalue weighted by Gasteiger charge is 2.18. The summed E-state index contributed by atoms with van der Waals surface area (Å²) < 4.78 is 5.42. The van der Waals surface area contributed by atoms with Gasteiger partial charge in [-0.05, 0) is 12.5 Å². The Morgan fingerprint density at radius 2 is 1.77 bits per heavy atom. The van der Waals surface area contributed by atoms with Gasteiger partial charge in [0, 0.05) is 10.9 Å². The second-order valence-electron chi connectivity index (χ2n) is 5.65.